The van der Waals surface area contributed by atoms with Crippen LogP contribution in [0.15, 0.2) is 29.8 Å². The van der Waals surface area contributed by atoms with Gasteiger partial charge in [-0.3, -0.25) is 0 Å². The van der Waals surface area contributed by atoms with Crippen molar-refractivity contribution in [2.24, 2.45) is 11.8 Å². The fourth-order valence-electron chi connectivity index (χ4n) is 2.84. The Morgan fingerprint density at radius 2 is 1.95 bits per heavy atom. The normalized spacial score (nSPS) is 23.9. The van der Waals surface area contributed by atoms with Crippen LogP contribution in [-0.2, 0) is 6.42 Å². The van der Waals surface area contributed by atoms with Gasteiger partial charge in [-0.25, -0.2) is 4.39 Å². The van der Waals surface area contributed by atoms with Gasteiger partial charge >= 0.3 is 0 Å². The molecule has 0 heterocycles. The fraction of sp³-hybridized carbons (Fsp3) is 0.500. The fourth-order valence-corrected chi connectivity index (χ4v) is 3.16. The summed E-state index contributed by atoms with van der Waals surface area (Å²) in [5.41, 5.74) is 2.69. The predicted octanol–water partition coefficient (Wildman–Crippen LogP) is 5.97. The Morgan fingerprint density at radius 3 is 2.58 bits per heavy atom. The molecule has 0 saturated heterocycles. The monoisotopic (exact) mass is 300 g/mol. The Hall–Kier alpha value is -0.530. The zero-order valence-electron chi connectivity index (χ0n) is 10.9. The molecule has 19 heavy (non-hydrogen) atoms. The van der Waals surface area contributed by atoms with Crippen molar-refractivity contribution in [3.63, 3.8) is 0 Å². The summed E-state index contributed by atoms with van der Waals surface area (Å²) in [4.78, 5) is 0. The molecule has 0 spiro atoms. The smallest absolute Gasteiger partial charge is 0.142 e. The number of hydrogen-bond acceptors (Lipinski definition) is 0. The quantitative estimate of drug-likeness (QED) is 0.642. The predicted molar refractivity (Wildman–Crippen MR) is 80.2 cm³/mol. The molecule has 0 unspecified atom stereocenters. The summed E-state index contributed by atoms with van der Waals surface area (Å²) < 4.78 is 13.3. The SMILES string of the molecule is Fc1cc(CCC2CCC(/C=C/Cl)CC2)ccc1Cl. The van der Waals surface area contributed by atoms with Gasteiger partial charge in [-0.1, -0.05) is 35.3 Å². The molecule has 1 aromatic carbocycles. The van der Waals surface area contributed by atoms with Crippen molar-refractivity contribution in [1.29, 1.82) is 0 Å². The van der Waals surface area contributed by atoms with Gasteiger partial charge < -0.3 is 0 Å². The minimum Gasteiger partial charge on any atom is -0.205 e. The third kappa shape index (κ3) is 4.50. The molecule has 0 aromatic heterocycles. The molecule has 1 fully saturated rings. The van der Waals surface area contributed by atoms with E-state index in [4.69, 9.17) is 23.2 Å². The maximum absolute atomic E-state index is 13.3. The van der Waals surface area contributed by atoms with Crippen molar-refractivity contribution in [2.45, 2.75) is 38.5 Å². The van der Waals surface area contributed by atoms with E-state index in [0.29, 0.717) is 5.92 Å². The minimum atomic E-state index is -0.310. The highest BCUT2D eigenvalue weighted by atomic mass is 35.5. The maximum Gasteiger partial charge on any atom is 0.142 e. The van der Waals surface area contributed by atoms with Crippen molar-refractivity contribution >= 4 is 23.2 Å². The van der Waals surface area contributed by atoms with E-state index >= 15 is 0 Å². The number of rotatable bonds is 4. The molecule has 0 atom stereocenters. The molecule has 0 amide bonds. The largest absolute Gasteiger partial charge is 0.205 e. The topological polar surface area (TPSA) is 0 Å². The van der Waals surface area contributed by atoms with Crippen molar-refractivity contribution in [1.82, 2.24) is 0 Å². The first-order valence-corrected chi connectivity index (χ1v) is 7.71. The van der Waals surface area contributed by atoms with Crippen LogP contribution >= 0.6 is 23.2 Å². The number of hydrogen-bond donors (Lipinski definition) is 0. The highest BCUT2D eigenvalue weighted by Gasteiger charge is 2.19. The van der Waals surface area contributed by atoms with E-state index in [2.05, 4.69) is 6.08 Å². The van der Waals surface area contributed by atoms with E-state index < -0.39 is 0 Å². The van der Waals surface area contributed by atoms with Gasteiger partial charge in [-0.2, -0.15) is 0 Å². The molecule has 0 radical (unpaired) electrons. The second kappa shape index (κ2) is 7.31. The average Bonchev–Trinajstić information content (AvgIpc) is 2.42. The van der Waals surface area contributed by atoms with E-state index in [1.165, 1.54) is 25.7 Å². The zero-order valence-corrected chi connectivity index (χ0v) is 12.4. The molecular formula is C16H19Cl2F. The van der Waals surface area contributed by atoms with Crippen LogP contribution < -0.4 is 0 Å². The van der Waals surface area contributed by atoms with Crippen LogP contribution in [0.2, 0.25) is 5.02 Å². The lowest BCUT2D eigenvalue weighted by atomic mass is 9.79. The number of benzene rings is 1. The van der Waals surface area contributed by atoms with E-state index in [-0.39, 0.29) is 10.8 Å². The Labute approximate surface area is 124 Å². The lowest BCUT2D eigenvalue weighted by molar-refractivity contribution is 0.296. The Morgan fingerprint density at radius 1 is 1.21 bits per heavy atom. The van der Waals surface area contributed by atoms with Gasteiger partial charge in [0.1, 0.15) is 5.82 Å². The number of allylic oxidation sites excluding steroid dienone is 1. The second-order valence-corrected chi connectivity index (χ2v) is 6.05. The van der Waals surface area contributed by atoms with Crippen LogP contribution in [0.25, 0.3) is 0 Å². The average molecular weight is 301 g/mol. The summed E-state index contributed by atoms with van der Waals surface area (Å²) in [7, 11) is 0. The van der Waals surface area contributed by atoms with Gasteiger partial charge in [0.25, 0.3) is 0 Å². The first kappa shape index (κ1) is 14.9. The van der Waals surface area contributed by atoms with Crippen LogP contribution in [0.1, 0.15) is 37.7 Å². The molecule has 1 aliphatic carbocycles. The summed E-state index contributed by atoms with van der Waals surface area (Å²) in [5.74, 6) is 1.11. The Balaban J connectivity index is 1.78. The van der Waals surface area contributed by atoms with E-state index in [9.17, 15) is 4.39 Å². The molecule has 1 aliphatic rings. The molecule has 0 bridgehead atoms. The third-order valence-electron chi connectivity index (χ3n) is 4.06. The minimum absolute atomic E-state index is 0.206. The third-order valence-corrected chi connectivity index (χ3v) is 4.51. The molecule has 1 aromatic rings. The van der Waals surface area contributed by atoms with Gasteiger partial charge in [0.15, 0.2) is 0 Å². The van der Waals surface area contributed by atoms with E-state index in [0.717, 1.165) is 24.3 Å². The summed E-state index contributed by atoms with van der Waals surface area (Å²) in [5, 5.41) is 0.206. The summed E-state index contributed by atoms with van der Waals surface area (Å²) in [6.07, 6.45) is 9.13. The van der Waals surface area contributed by atoms with Crippen LogP contribution in [0.3, 0.4) is 0 Å². The number of aryl methyl sites for hydroxylation is 1. The Bertz CT molecular complexity index is 434. The van der Waals surface area contributed by atoms with E-state index in [1.807, 2.05) is 6.07 Å². The maximum atomic E-state index is 13.3. The van der Waals surface area contributed by atoms with Gasteiger partial charge in [0, 0.05) is 5.54 Å². The molecule has 3 heteroatoms. The standard InChI is InChI=1S/C16H19Cl2F/c17-10-9-13-3-1-12(2-4-13)5-6-14-7-8-15(18)16(19)11-14/h7-13H,1-6H2/b10-9+. The van der Waals surface area contributed by atoms with Crippen LogP contribution in [0.4, 0.5) is 4.39 Å². The first-order valence-electron chi connectivity index (χ1n) is 6.90. The molecule has 2 rings (SSSR count). The molecular weight excluding hydrogens is 282 g/mol. The van der Waals surface area contributed by atoms with Gasteiger partial charge in [-0.05, 0) is 68.1 Å². The summed E-state index contributed by atoms with van der Waals surface area (Å²) >= 11 is 11.3. The molecule has 0 aliphatic heterocycles. The van der Waals surface area contributed by atoms with Crippen molar-refractivity contribution < 1.29 is 4.39 Å². The highest BCUT2D eigenvalue weighted by molar-refractivity contribution is 6.30. The van der Waals surface area contributed by atoms with Crippen LogP contribution in [0, 0.1) is 17.7 Å². The molecule has 0 nitrogen and oxygen atoms in total. The summed E-state index contributed by atoms with van der Waals surface area (Å²) in [6, 6.07) is 5.13. The van der Waals surface area contributed by atoms with E-state index in [1.54, 1.807) is 17.7 Å². The first-order chi connectivity index (χ1) is 9.19. The lowest BCUT2D eigenvalue weighted by Gasteiger charge is -2.26. The van der Waals surface area contributed by atoms with Crippen LogP contribution in [0.5, 0.6) is 0 Å². The highest BCUT2D eigenvalue weighted by Crippen LogP contribution is 2.32. The van der Waals surface area contributed by atoms with Crippen molar-refractivity contribution in [3.8, 4) is 0 Å². The van der Waals surface area contributed by atoms with Gasteiger partial charge in [0.05, 0.1) is 5.02 Å². The molecule has 0 N–H and O–H groups in total. The van der Waals surface area contributed by atoms with Crippen molar-refractivity contribution in [3.05, 3.63) is 46.2 Å². The lowest BCUT2D eigenvalue weighted by Crippen LogP contribution is -2.13. The van der Waals surface area contributed by atoms with Gasteiger partial charge in [-0.15, -0.1) is 0 Å². The molecule has 104 valence electrons. The zero-order chi connectivity index (χ0) is 13.7. The summed E-state index contributed by atoms with van der Waals surface area (Å²) in [6.45, 7) is 0. The van der Waals surface area contributed by atoms with Gasteiger partial charge in [0.2, 0.25) is 0 Å². The Kier molecular flexibility index (Phi) is 5.72. The number of halogens is 3. The van der Waals surface area contributed by atoms with Crippen LogP contribution in [-0.4, -0.2) is 0 Å². The second-order valence-electron chi connectivity index (χ2n) is 5.39. The van der Waals surface area contributed by atoms with Crippen molar-refractivity contribution in [2.75, 3.05) is 0 Å². The molecule has 1 saturated carbocycles.